The number of carbonyl (C=O) groups is 2. The zero-order chi connectivity index (χ0) is 16.1. The van der Waals surface area contributed by atoms with Crippen molar-refractivity contribution in [3.8, 4) is 0 Å². The van der Waals surface area contributed by atoms with Crippen LogP contribution in [0.25, 0.3) is 0 Å². The summed E-state index contributed by atoms with van der Waals surface area (Å²) in [5, 5.41) is 18.4. The molecule has 2 N–H and O–H groups in total. The molecule has 0 heterocycles. The first-order valence-corrected chi connectivity index (χ1v) is 8.08. The average Bonchev–Trinajstić information content (AvgIpc) is 2.35. The van der Waals surface area contributed by atoms with Crippen molar-refractivity contribution in [1.82, 2.24) is 0 Å². The first-order valence-electron chi connectivity index (χ1n) is 8.08. The fourth-order valence-corrected chi connectivity index (χ4v) is 5.79. The number of carboxylic acids is 2. The molecule has 0 saturated heterocycles. The van der Waals surface area contributed by atoms with Gasteiger partial charge in [-0.05, 0) is 75.0 Å². The molecular weight excluding hydrogens is 280 g/mol. The van der Waals surface area contributed by atoms with Crippen LogP contribution in [0, 0.1) is 22.7 Å². The Bertz CT molecular complexity index is 522. The van der Waals surface area contributed by atoms with E-state index in [2.05, 4.69) is 0 Å². The lowest BCUT2D eigenvalue weighted by atomic mass is 9.44. The van der Waals surface area contributed by atoms with E-state index in [-0.39, 0.29) is 10.8 Å². The van der Waals surface area contributed by atoms with Crippen LogP contribution in [0.15, 0.2) is 23.3 Å². The standard InChI is InChI=1S/C18H24O4/c1-11(15(19)20)4-17-6-13-3-14(7-17)9-18(8-13,10-17)5-12(2)16(21)22/h4-5,13-14H,3,6-10H2,1-2H3,(H,19,20)(H,21,22)/b11-4+,12-5+. The van der Waals surface area contributed by atoms with E-state index in [0.717, 1.165) is 32.1 Å². The molecule has 120 valence electrons. The third kappa shape index (κ3) is 2.59. The number of aliphatic carboxylic acids is 2. The van der Waals surface area contributed by atoms with Crippen LogP contribution in [-0.2, 0) is 9.59 Å². The van der Waals surface area contributed by atoms with Gasteiger partial charge in [0, 0.05) is 11.1 Å². The second-order valence-corrected chi connectivity index (χ2v) is 7.95. The number of rotatable bonds is 4. The van der Waals surface area contributed by atoms with Crippen molar-refractivity contribution in [2.24, 2.45) is 22.7 Å². The number of hydrogen-bond acceptors (Lipinski definition) is 2. The van der Waals surface area contributed by atoms with Gasteiger partial charge >= 0.3 is 11.9 Å². The van der Waals surface area contributed by atoms with Crippen molar-refractivity contribution >= 4 is 11.9 Å². The summed E-state index contributed by atoms with van der Waals surface area (Å²) in [7, 11) is 0. The van der Waals surface area contributed by atoms with Crippen LogP contribution in [0.4, 0.5) is 0 Å². The van der Waals surface area contributed by atoms with Gasteiger partial charge in [-0.2, -0.15) is 0 Å². The highest BCUT2D eigenvalue weighted by molar-refractivity contribution is 5.86. The predicted molar refractivity (Wildman–Crippen MR) is 82.3 cm³/mol. The minimum atomic E-state index is -0.845. The van der Waals surface area contributed by atoms with Crippen molar-refractivity contribution in [3.63, 3.8) is 0 Å². The quantitative estimate of drug-likeness (QED) is 0.778. The predicted octanol–water partition coefficient (Wildman–Crippen LogP) is 3.63. The topological polar surface area (TPSA) is 74.6 Å². The second-order valence-electron chi connectivity index (χ2n) is 7.95. The van der Waals surface area contributed by atoms with Crippen molar-refractivity contribution in [1.29, 1.82) is 0 Å². The summed E-state index contributed by atoms with van der Waals surface area (Å²) in [5.74, 6) is -0.474. The molecule has 0 atom stereocenters. The number of hydrogen-bond donors (Lipinski definition) is 2. The minimum Gasteiger partial charge on any atom is -0.478 e. The van der Waals surface area contributed by atoms with Gasteiger partial charge in [0.1, 0.15) is 0 Å². The van der Waals surface area contributed by atoms with Gasteiger partial charge in [0.05, 0.1) is 0 Å². The van der Waals surface area contributed by atoms with Gasteiger partial charge in [-0.25, -0.2) is 9.59 Å². The molecule has 0 aromatic rings. The maximum absolute atomic E-state index is 11.2. The monoisotopic (exact) mass is 304 g/mol. The van der Waals surface area contributed by atoms with E-state index >= 15 is 0 Å². The van der Waals surface area contributed by atoms with Gasteiger partial charge in [-0.15, -0.1) is 0 Å². The Morgan fingerprint density at radius 2 is 1.23 bits per heavy atom. The van der Waals surface area contributed by atoms with E-state index in [1.165, 1.54) is 6.42 Å². The summed E-state index contributed by atoms with van der Waals surface area (Å²) in [6.07, 6.45) is 10.3. The Morgan fingerprint density at radius 1 is 0.864 bits per heavy atom. The molecule has 4 aliphatic carbocycles. The normalized spacial score (nSPS) is 40.8. The van der Waals surface area contributed by atoms with Gasteiger partial charge in [0.15, 0.2) is 0 Å². The molecule has 0 spiro atoms. The lowest BCUT2D eigenvalue weighted by molar-refractivity contribution is -0.133. The van der Waals surface area contributed by atoms with E-state index in [1.54, 1.807) is 13.8 Å². The molecular formula is C18H24O4. The van der Waals surface area contributed by atoms with E-state index in [9.17, 15) is 19.8 Å². The highest BCUT2D eigenvalue weighted by atomic mass is 16.4. The van der Waals surface area contributed by atoms with Crippen molar-refractivity contribution in [2.45, 2.75) is 52.4 Å². The Kier molecular flexibility index (Phi) is 3.46. The minimum absolute atomic E-state index is 0.0398. The molecule has 4 heteroatoms. The zero-order valence-corrected chi connectivity index (χ0v) is 13.3. The molecule has 0 radical (unpaired) electrons. The van der Waals surface area contributed by atoms with Crippen molar-refractivity contribution in [3.05, 3.63) is 23.3 Å². The Morgan fingerprint density at radius 3 is 1.55 bits per heavy atom. The first-order chi connectivity index (χ1) is 10.2. The summed E-state index contributed by atoms with van der Waals surface area (Å²) in [6.45, 7) is 3.35. The Hall–Kier alpha value is -1.58. The maximum Gasteiger partial charge on any atom is 0.330 e. The Balaban J connectivity index is 1.97. The molecule has 22 heavy (non-hydrogen) atoms. The van der Waals surface area contributed by atoms with Crippen LogP contribution in [0.5, 0.6) is 0 Å². The van der Waals surface area contributed by atoms with E-state index in [0.29, 0.717) is 23.0 Å². The lowest BCUT2D eigenvalue weighted by Gasteiger charge is -2.61. The van der Waals surface area contributed by atoms with E-state index in [4.69, 9.17) is 0 Å². The molecule has 4 fully saturated rings. The molecule has 4 saturated carbocycles. The summed E-state index contributed by atoms with van der Waals surface area (Å²) < 4.78 is 0. The van der Waals surface area contributed by atoms with Crippen LogP contribution < -0.4 is 0 Å². The summed E-state index contributed by atoms with van der Waals surface area (Å²) in [6, 6.07) is 0. The fourth-order valence-electron chi connectivity index (χ4n) is 5.79. The van der Waals surface area contributed by atoms with Gasteiger partial charge in [0.2, 0.25) is 0 Å². The van der Waals surface area contributed by atoms with Gasteiger partial charge in [-0.1, -0.05) is 12.2 Å². The summed E-state index contributed by atoms with van der Waals surface area (Å²) in [5.41, 5.74) is 0.774. The molecule has 0 aromatic carbocycles. The Labute approximate surface area is 130 Å². The fraction of sp³-hybridized carbons (Fsp3) is 0.667. The summed E-state index contributed by atoms with van der Waals surface area (Å²) >= 11 is 0. The van der Waals surface area contributed by atoms with Gasteiger partial charge in [0.25, 0.3) is 0 Å². The molecule has 0 unspecified atom stereocenters. The van der Waals surface area contributed by atoms with E-state index in [1.807, 2.05) is 12.2 Å². The molecule has 0 amide bonds. The van der Waals surface area contributed by atoms with Crippen LogP contribution >= 0.6 is 0 Å². The molecule has 4 rings (SSSR count). The van der Waals surface area contributed by atoms with Crippen LogP contribution in [0.2, 0.25) is 0 Å². The molecule has 0 aliphatic heterocycles. The highest BCUT2D eigenvalue weighted by Gasteiger charge is 2.56. The van der Waals surface area contributed by atoms with Gasteiger partial charge < -0.3 is 10.2 Å². The SMILES string of the molecule is C/C(=C\C12CC3CC(C1)CC(/C=C(\C)C(=O)O)(C3)C2)C(=O)O. The second kappa shape index (κ2) is 4.97. The molecule has 4 nitrogen and oxygen atoms in total. The van der Waals surface area contributed by atoms with Crippen molar-refractivity contribution in [2.75, 3.05) is 0 Å². The molecule has 4 aliphatic rings. The van der Waals surface area contributed by atoms with Crippen LogP contribution in [-0.4, -0.2) is 22.2 Å². The lowest BCUT2D eigenvalue weighted by Crippen LogP contribution is -2.50. The molecule has 4 bridgehead atoms. The zero-order valence-electron chi connectivity index (χ0n) is 13.3. The summed E-state index contributed by atoms with van der Waals surface area (Å²) in [4.78, 5) is 22.4. The van der Waals surface area contributed by atoms with E-state index < -0.39 is 11.9 Å². The third-order valence-electron chi connectivity index (χ3n) is 5.87. The van der Waals surface area contributed by atoms with Crippen LogP contribution in [0.1, 0.15) is 52.4 Å². The van der Waals surface area contributed by atoms with Crippen molar-refractivity contribution < 1.29 is 19.8 Å². The first kappa shape index (κ1) is 15.3. The van der Waals surface area contributed by atoms with Crippen LogP contribution in [0.3, 0.4) is 0 Å². The highest BCUT2D eigenvalue weighted by Crippen LogP contribution is 2.66. The number of allylic oxidation sites excluding steroid dienone is 2. The maximum atomic E-state index is 11.2. The van der Waals surface area contributed by atoms with Gasteiger partial charge in [-0.3, -0.25) is 0 Å². The third-order valence-corrected chi connectivity index (χ3v) is 5.87. The largest absolute Gasteiger partial charge is 0.478 e. The number of carboxylic acid groups (broad SMARTS) is 2. The molecule has 0 aromatic heterocycles. The smallest absolute Gasteiger partial charge is 0.330 e. The average molecular weight is 304 g/mol.